The summed E-state index contributed by atoms with van der Waals surface area (Å²) in [6.45, 7) is 5.02. The Morgan fingerprint density at radius 2 is 2.04 bits per heavy atom. The molecule has 1 aromatic heterocycles. The molecule has 0 atom stereocenters. The average molecular weight is 396 g/mol. The number of thiazole rings is 1. The zero-order valence-corrected chi connectivity index (χ0v) is 17.0. The minimum Gasteiger partial charge on any atom is -0.338 e. The van der Waals surface area contributed by atoms with Crippen LogP contribution in [0.3, 0.4) is 0 Å². The number of aryl methyl sites for hydroxylation is 2. The second-order valence-electron chi connectivity index (χ2n) is 6.40. The first-order valence-corrected chi connectivity index (χ1v) is 9.53. The number of aromatic nitrogens is 1. The van der Waals surface area contributed by atoms with E-state index in [1.54, 1.807) is 29.2 Å². The van der Waals surface area contributed by atoms with Crippen molar-refractivity contribution in [3.05, 3.63) is 45.4 Å². The van der Waals surface area contributed by atoms with Crippen LogP contribution in [0, 0.1) is 13.8 Å². The smallest absolute Gasteiger partial charge is 0.254 e. The molecule has 0 bridgehead atoms. The summed E-state index contributed by atoms with van der Waals surface area (Å²) in [7, 11) is 4.01. The maximum atomic E-state index is 12.8. The highest BCUT2D eigenvalue weighted by Crippen LogP contribution is 2.21. The van der Waals surface area contributed by atoms with E-state index in [1.165, 1.54) is 16.2 Å². The van der Waals surface area contributed by atoms with E-state index in [2.05, 4.69) is 10.3 Å². The molecule has 0 unspecified atom stereocenters. The number of rotatable bonds is 7. The predicted molar refractivity (Wildman–Crippen MR) is 105 cm³/mol. The van der Waals surface area contributed by atoms with Crippen molar-refractivity contribution in [2.24, 2.45) is 0 Å². The van der Waals surface area contributed by atoms with Crippen LogP contribution in [0.5, 0.6) is 0 Å². The SMILES string of the molecule is Cc1nc(NC(=O)CN(CC[NH+](C)C)C(=O)c2cccc(Cl)c2)sc1C. The van der Waals surface area contributed by atoms with E-state index in [-0.39, 0.29) is 18.4 Å². The highest BCUT2D eigenvalue weighted by Gasteiger charge is 2.20. The summed E-state index contributed by atoms with van der Waals surface area (Å²) in [6.07, 6.45) is 0. The summed E-state index contributed by atoms with van der Waals surface area (Å²) in [5, 5.41) is 3.83. The van der Waals surface area contributed by atoms with Gasteiger partial charge < -0.3 is 15.1 Å². The zero-order chi connectivity index (χ0) is 19.3. The second-order valence-corrected chi connectivity index (χ2v) is 8.04. The molecule has 0 aliphatic carbocycles. The second kappa shape index (κ2) is 9.12. The van der Waals surface area contributed by atoms with E-state index in [0.29, 0.717) is 22.3 Å². The van der Waals surface area contributed by atoms with Crippen molar-refractivity contribution in [2.45, 2.75) is 13.8 Å². The Balaban J connectivity index is 2.10. The van der Waals surface area contributed by atoms with Gasteiger partial charge in [-0.15, -0.1) is 11.3 Å². The molecule has 8 heteroatoms. The first-order valence-electron chi connectivity index (χ1n) is 8.34. The van der Waals surface area contributed by atoms with Crippen molar-refractivity contribution in [1.29, 1.82) is 0 Å². The highest BCUT2D eigenvalue weighted by atomic mass is 35.5. The Bertz CT molecular complexity index is 772. The van der Waals surface area contributed by atoms with E-state index in [0.717, 1.165) is 17.1 Å². The molecule has 2 N–H and O–H groups in total. The van der Waals surface area contributed by atoms with Gasteiger partial charge in [-0.1, -0.05) is 17.7 Å². The number of hydrogen-bond donors (Lipinski definition) is 2. The molecule has 2 aromatic rings. The number of halogens is 1. The molecule has 2 rings (SSSR count). The predicted octanol–water partition coefficient (Wildman–Crippen LogP) is 1.64. The number of likely N-dealkylation sites (N-methyl/N-ethyl adjacent to an activating group) is 1. The number of carbonyl (C=O) groups is 2. The van der Waals surface area contributed by atoms with Crippen LogP contribution in [-0.2, 0) is 4.79 Å². The lowest BCUT2D eigenvalue weighted by molar-refractivity contribution is -0.857. The van der Waals surface area contributed by atoms with E-state index in [9.17, 15) is 9.59 Å². The minimum absolute atomic E-state index is 0.0314. The van der Waals surface area contributed by atoms with Crippen LogP contribution >= 0.6 is 22.9 Å². The summed E-state index contributed by atoms with van der Waals surface area (Å²) >= 11 is 7.42. The van der Waals surface area contributed by atoms with Gasteiger partial charge >= 0.3 is 0 Å². The van der Waals surface area contributed by atoms with Gasteiger partial charge in [0, 0.05) is 15.5 Å². The van der Waals surface area contributed by atoms with Gasteiger partial charge in [-0.25, -0.2) is 4.98 Å². The molecule has 0 aliphatic heterocycles. The standard InChI is InChI=1S/C18H23ClN4O2S/c1-12-13(2)26-18(20-12)21-16(24)11-23(9-8-22(3)4)17(25)14-6-5-7-15(19)10-14/h5-7,10H,8-9,11H2,1-4H3,(H,20,21,24)/p+1. The molecule has 0 saturated carbocycles. The summed E-state index contributed by atoms with van der Waals surface area (Å²) in [5.74, 6) is -0.474. The van der Waals surface area contributed by atoms with Crippen LogP contribution in [0.4, 0.5) is 5.13 Å². The highest BCUT2D eigenvalue weighted by molar-refractivity contribution is 7.15. The monoisotopic (exact) mass is 395 g/mol. The molecule has 0 saturated heterocycles. The first-order chi connectivity index (χ1) is 12.3. The summed E-state index contributed by atoms with van der Waals surface area (Å²) in [5.41, 5.74) is 1.37. The average Bonchev–Trinajstić information content (AvgIpc) is 2.88. The zero-order valence-electron chi connectivity index (χ0n) is 15.4. The Kier molecular flexibility index (Phi) is 7.14. The Labute approximate surface area is 162 Å². The van der Waals surface area contributed by atoms with Crippen LogP contribution in [0.2, 0.25) is 5.02 Å². The quantitative estimate of drug-likeness (QED) is 0.749. The molecule has 140 valence electrons. The number of amides is 2. The Morgan fingerprint density at radius 1 is 1.31 bits per heavy atom. The molecule has 0 spiro atoms. The van der Waals surface area contributed by atoms with E-state index < -0.39 is 0 Å². The van der Waals surface area contributed by atoms with E-state index >= 15 is 0 Å². The van der Waals surface area contributed by atoms with Gasteiger partial charge in [0.1, 0.15) is 6.54 Å². The van der Waals surface area contributed by atoms with Crippen molar-refractivity contribution >= 4 is 39.9 Å². The molecule has 1 aromatic carbocycles. The molecular weight excluding hydrogens is 372 g/mol. The van der Waals surface area contributed by atoms with Gasteiger partial charge in [0.15, 0.2) is 5.13 Å². The molecule has 1 heterocycles. The van der Waals surface area contributed by atoms with Crippen molar-refractivity contribution in [3.63, 3.8) is 0 Å². The van der Waals surface area contributed by atoms with Crippen molar-refractivity contribution in [3.8, 4) is 0 Å². The number of nitrogens with one attached hydrogen (secondary N) is 2. The molecule has 2 amide bonds. The van der Waals surface area contributed by atoms with Crippen LogP contribution in [-0.4, -0.2) is 55.4 Å². The summed E-state index contributed by atoms with van der Waals surface area (Å²) in [4.78, 5) is 33.3. The van der Waals surface area contributed by atoms with Crippen LogP contribution in [0.15, 0.2) is 24.3 Å². The van der Waals surface area contributed by atoms with Crippen molar-refractivity contribution < 1.29 is 14.5 Å². The Hall–Kier alpha value is -1.96. The number of carbonyl (C=O) groups excluding carboxylic acids is 2. The topological polar surface area (TPSA) is 66.7 Å². The maximum absolute atomic E-state index is 12.8. The van der Waals surface area contributed by atoms with E-state index in [1.807, 2.05) is 27.9 Å². The van der Waals surface area contributed by atoms with Gasteiger partial charge in [-0.2, -0.15) is 0 Å². The van der Waals surface area contributed by atoms with Crippen molar-refractivity contribution in [1.82, 2.24) is 9.88 Å². The minimum atomic E-state index is -0.261. The molecule has 0 aliphatic rings. The number of quaternary nitrogens is 1. The number of nitrogens with zero attached hydrogens (tertiary/aromatic N) is 2. The number of hydrogen-bond acceptors (Lipinski definition) is 4. The molecule has 0 fully saturated rings. The molecule has 0 radical (unpaired) electrons. The largest absolute Gasteiger partial charge is 0.338 e. The van der Waals surface area contributed by atoms with Gasteiger partial charge in [-0.05, 0) is 32.0 Å². The third kappa shape index (κ3) is 5.79. The third-order valence-electron chi connectivity index (χ3n) is 3.85. The van der Waals surface area contributed by atoms with Gasteiger partial charge in [0.25, 0.3) is 5.91 Å². The summed E-state index contributed by atoms with van der Waals surface area (Å²) in [6, 6.07) is 6.76. The number of benzene rings is 1. The third-order valence-corrected chi connectivity index (χ3v) is 5.07. The normalized spacial score (nSPS) is 10.8. The van der Waals surface area contributed by atoms with Crippen LogP contribution in [0.25, 0.3) is 0 Å². The van der Waals surface area contributed by atoms with Crippen LogP contribution < -0.4 is 10.2 Å². The lowest BCUT2D eigenvalue weighted by Gasteiger charge is -2.22. The van der Waals surface area contributed by atoms with Gasteiger partial charge in [-0.3, -0.25) is 9.59 Å². The fourth-order valence-electron chi connectivity index (χ4n) is 2.27. The molecular formula is C18H24ClN4O2S+. The first kappa shape index (κ1) is 20.4. The lowest BCUT2D eigenvalue weighted by atomic mass is 10.2. The fraction of sp³-hybridized carbons (Fsp3) is 0.389. The van der Waals surface area contributed by atoms with Gasteiger partial charge in [0.05, 0.1) is 32.9 Å². The Morgan fingerprint density at radius 3 is 2.62 bits per heavy atom. The van der Waals surface area contributed by atoms with Gasteiger partial charge in [0.2, 0.25) is 5.91 Å². The van der Waals surface area contributed by atoms with Crippen molar-refractivity contribution in [2.75, 3.05) is 39.0 Å². The number of anilines is 1. The van der Waals surface area contributed by atoms with Crippen LogP contribution in [0.1, 0.15) is 20.9 Å². The maximum Gasteiger partial charge on any atom is 0.254 e. The fourth-order valence-corrected chi connectivity index (χ4v) is 3.29. The molecule has 6 nitrogen and oxygen atoms in total. The molecule has 26 heavy (non-hydrogen) atoms. The lowest BCUT2D eigenvalue weighted by Crippen LogP contribution is -3.06. The summed E-state index contributed by atoms with van der Waals surface area (Å²) < 4.78 is 0. The van der Waals surface area contributed by atoms with E-state index in [4.69, 9.17) is 11.6 Å².